The molecule has 6 heteroatoms. The van der Waals surface area contributed by atoms with E-state index in [9.17, 15) is 14.0 Å². The van der Waals surface area contributed by atoms with Crippen LogP contribution in [0.1, 0.15) is 31.8 Å². The summed E-state index contributed by atoms with van der Waals surface area (Å²) in [7, 11) is 1.32. The maximum Gasteiger partial charge on any atom is 0.337 e. The van der Waals surface area contributed by atoms with Crippen LogP contribution in [0.25, 0.3) is 6.08 Å². The van der Waals surface area contributed by atoms with Gasteiger partial charge >= 0.3 is 5.97 Å². The van der Waals surface area contributed by atoms with Gasteiger partial charge in [0.25, 0.3) is 0 Å². The van der Waals surface area contributed by atoms with Gasteiger partial charge in [-0.3, -0.25) is 4.79 Å². The Hall–Kier alpha value is -3.93. The number of hydrogen-bond donors (Lipinski definition) is 0. The van der Waals surface area contributed by atoms with E-state index in [2.05, 4.69) is 4.74 Å². The fourth-order valence-electron chi connectivity index (χ4n) is 2.99. The zero-order valence-electron chi connectivity index (χ0n) is 16.1. The van der Waals surface area contributed by atoms with Gasteiger partial charge in [-0.05, 0) is 53.6 Å². The van der Waals surface area contributed by atoms with Crippen LogP contribution in [-0.2, 0) is 11.3 Å². The van der Waals surface area contributed by atoms with Crippen LogP contribution in [0.3, 0.4) is 0 Å². The molecule has 30 heavy (non-hydrogen) atoms. The van der Waals surface area contributed by atoms with E-state index in [1.165, 1.54) is 19.2 Å². The number of fused-ring (bicyclic) bond motifs is 1. The summed E-state index contributed by atoms with van der Waals surface area (Å²) in [6.45, 7) is 0.266. The third kappa shape index (κ3) is 4.07. The van der Waals surface area contributed by atoms with E-state index in [-0.39, 0.29) is 24.0 Å². The number of halogens is 1. The maximum atomic E-state index is 13.0. The number of benzene rings is 3. The van der Waals surface area contributed by atoms with Crippen molar-refractivity contribution < 1.29 is 28.2 Å². The predicted octanol–water partition coefficient (Wildman–Crippen LogP) is 4.81. The van der Waals surface area contributed by atoms with Crippen molar-refractivity contribution in [3.05, 3.63) is 101 Å². The standard InChI is InChI=1S/C24H17FO5/c1-28-24(27)17-6-2-15(3-7-17)12-22-23(26)20-11-10-19(13-21(20)30-22)29-14-16-4-8-18(25)9-5-16/h2-13H,14H2,1H3. The molecule has 0 unspecified atom stereocenters. The second kappa shape index (κ2) is 8.21. The Morgan fingerprint density at radius 1 is 1.03 bits per heavy atom. The Morgan fingerprint density at radius 2 is 1.77 bits per heavy atom. The molecule has 150 valence electrons. The van der Waals surface area contributed by atoms with Crippen LogP contribution in [0, 0.1) is 5.82 Å². The number of ether oxygens (including phenoxy) is 3. The lowest BCUT2D eigenvalue weighted by Gasteiger charge is -2.07. The Balaban J connectivity index is 1.47. The molecule has 0 saturated heterocycles. The lowest BCUT2D eigenvalue weighted by Crippen LogP contribution is -2.01. The number of allylic oxidation sites excluding steroid dienone is 1. The summed E-state index contributed by atoms with van der Waals surface area (Å²) in [4.78, 5) is 24.1. The Bertz CT molecular complexity index is 1130. The van der Waals surface area contributed by atoms with Gasteiger partial charge in [-0.2, -0.15) is 0 Å². The number of carbonyl (C=O) groups excluding carboxylic acids is 2. The summed E-state index contributed by atoms with van der Waals surface area (Å²) in [5, 5.41) is 0. The molecule has 0 bridgehead atoms. The number of esters is 1. The lowest BCUT2D eigenvalue weighted by atomic mass is 10.1. The molecule has 0 fully saturated rings. The first-order valence-electron chi connectivity index (χ1n) is 9.17. The van der Waals surface area contributed by atoms with Crippen LogP contribution in [0.4, 0.5) is 4.39 Å². The van der Waals surface area contributed by atoms with E-state index >= 15 is 0 Å². The van der Waals surface area contributed by atoms with Crippen LogP contribution in [-0.4, -0.2) is 18.9 Å². The molecule has 1 heterocycles. The average Bonchev–Trinajstić information content (AvgIpc) is 3.08. The van der Waals surface area contributed by atoms with Gasteiger partial charge in [0, 0.05) is 6.07 Å². The summed E-state index contributed by atoms with van der Waals surface area (Å²) in [5.74, 6) is 0.174. The van der Waals surface area contributed by atoms with Gasteiger partial charge in [0.05, 0.1) is 18.2 Å². The second-order valence-electron chi connectivity index (χ2n) is 6.63. The topological polar surface area (TPSA) is 61.8 Å². The molecule has 0 saturated carbocycles. The Morgan fingerprint density at radius 3 is 2.47 bits per heavy atom. The highest BCUT2D eigenvalue weighted by molar-refractivity contribution is 6.14. The molecular formula is C24H17FO5. The third-order valence-corrected chi connectivity index (χ3v) is 4.59. The fraction of sp³-hybridized carbons (Fsp3) is 0.0833. The Kier molecular flexibility index (Phi) is 5.30. The molecule has 1 aliphatic rings. The maximum absolute atomic E-state index is 13.0. The number of carbonyl (C=O) groups is 2. The van der Waals surface area contributed by atoms with Gasteiger partial charge in [-0.1, -0.05) is 24.3 Å². The first-order valence-corrected chi connectivity index (χ1v) is 9.17. The highest BCUT2D eigenvalue weighted by atomic mass is 19.1. The molecule has 3 aromatic rings. The minimum Gasteiger partial charge on any atom is -0.489 e. The van der Waals surface area contributed by atoms with Crippen molar-refractivity contribution in [2.75, 3.05) is 7.11 Å². The molecule has 0 aromatic heterocycles. The van der Waals surface area contributed by atoms with Crippen LogP contribution in [0.15, 0.2) is 72.5 Å². The quantitative estimate of drug-likeness (QED) is 0.451. The molecule has 4 rings (SSSR count). The third-order valence-electron chi connectivity index (χ3n) is 4.59. The SMILES string of the molecule is COC(=O)c1ccc(C=C2Oc3cc(OCc4ccc(F)cc4)ccc3C2=O)cc1. The van der Waals surface area contributed by atoms with Gasteiger partial charge in [-0.15, -0.1) is 0 Å². The van der Waals surface area contributed by atoms with Crippen molar-refractivity contribution in [1.82, 2.24) is 0 Å². The number of hydrogen-bond acceptors (Lipinski definition) is 5. The van der Waals surface area contributed by atoms with E-state index in [0.717, 1.165) is 5.56 Å². The fourth-order valence-corrected chi connectivity index (χ4v) is 2.99. The molecule has 0 N–H and O–H groups in total. The van der Waals surface area contributed by atoms with Gasteiger partial charge in [0.1, 0.15) is 23.9 Å². The normalized spacial score (nSPS) is 13.7. The number of Topliss-reactive ketones (excluding diaryl/α,β-unsaturated/α-hetero) is 1. The van der Waals surface area contributed by atoms with Crippen molar-refractivity contribution >= 4 is 17.8 Å². The summed E-state index contributed by atoms with van der Waals surface area (Å²) < 4.78 is 29.1. The van der Waals surface area contributed by atoms with E-state index in [4.69, 9.17) is 9.47 Å². The van der Waals surface area contributed by atoms with Crippen LogP contribution in [0.2, 0.25) is 0 Å². The van der Waals surface area contributed by atoms with E-state index in [1.807, 2.05) is 0 Å². The van der Waals surface area contributed by atoms with Crippen molar-refractivity contribution in [3.63, 3.8) is 0 Å². The summed E-state index contributed by atoms with van der Waals surface area (Å²) in [6, 6.07) is 17.7. The van der Waals surface area contributed by atoms with Crippen molar-refractivity contribution in [2.45, 2.75) is 6.61 Å². The minimum absolute atomic E-state index is 0.187. The van der Waals surface area contributed by atoms with E-state index in [1.54, 1.807) is 60.7 Å². The molecule has 0 aliphatic carbocycles. The number of rotatable bonds is 5. The molecule has 1 aliphatic heterocycles. The summed E-state index contributed by atoms with van der Waals surface area (Å²) >= 11 is 0. The van der Waals surface area contributed by atoms with Crippen LogP contribution >= 0.6 is 0 Å². The smallest absolute Gasteiger partial charge is 0.337 e. The van der Waals surface area contributed by atoms with Gasteiger partial charge in [-0.25, -0.2) is 9.18 Å². The minimum atomic E-state index is -0.428. The second-order valence-corrected chi connectivity index (χ2v) is 6.63. The van der Waals surface area contributed by atoms with Crippen molar-refractivity contribution in [2.24, 2.45) is 0 Å². The molecule has 3 aromatic carbocycles. The monoisotopic (exact) mass is 404 g/mol. The van der Waals surface area contributed by atoms with Crippen LogP contribution < -0.4 is 9.47 Å². The molecule has 0 spiro atoms. The zero-order chi connectivity index (χ0) is 21.1. The highest BCUT2D eigenvalue weighted by Gasteiger charge is 2.27. The van der Waals surface area contributed by atoms with E-state index < -0.39 is 5.97 Å². The van der Waals surface area contributed by atoms with Crippen LogP contribution in [0.5, 0.6) is 11.5 Å². The number of methoxy groups -OCH3 is 1. The van der Waals surface area contributed by atoms with Gasteiger partial charge in [0.15, 0.2) is 5.76 Å². The lowest BCUT2D eigenvalue weighted by molar-refractivity contribution is 0.0600. The molecule has 0 radical (unpaired) electrons. The average molecular weight is 404 g/mol. The zero-order valence-corrected chi connectivity index (χ0v) is 16.1. The first kappa shape index (κ1) is 19.4. The predicted molar refractivity (Wildman–Crippen MR) is 108 cm³/mol. The Labute approximate surface area is 172 Å². The molecule has 0 amide bonds. The largest absolute Gasteiger partial charge is 0.489 e. The first-order chi connectivity index (χ1) is 14.5. The molecule has 0 atom stereocenters. The highest BCUT2D eigenvalue weighted by Crippen LogP contribution is 2.35. The molecular weight excluding hydrogens is 387 g/mol. The van der Waals surface area contributed by atoms with Gasteiger partial charge in [0.2, 0.25) is 5.78 Å². The number of ketones is 1. The molecule has 5 nitrogen and oxygen atoms in total. The van der Waals surface area contributed by atoms with Crippen molar-refractivity contribution in [3.8, 4) is 11.5 Å². The van der Waals surface area contributed by atoms with E-state index in [0.29, 0.717) is 28.2 Å². The summed E-state index contributed by atoms with van der Waals surface area (Å²) in [6.07, 6.45) is 1.61. The van der Waals surface area contributed by atoms with Gasteiger partial charge < -0.3 is 14.2 Å². The van der Waals surface area contributed by atoms with Crippen molar-refractivity contribution in [1.29, 1.82) is 0 Å². The summed E-state index contributed by atoms with van der Waals surface area (Å²) in [5.41, 5.74) is 2.41.